The number of amides is 1. The minimum absolute atomic E-state index is 0.0112. The molecule has 6 N–H and O–H groups in total. The summed E-state index contributed by atoms with van der Waals surface area (Å²) in [5.41, 5.74) is -7.17. The molecule has 1 amide bonds. The Labute approximate surface area is 319 Å². The maximum atomic E-state index is 14.7. The topological polar surface area (TPSA) is 218 Å². The van der Waals surface area contributed by atoms with Crippen molar-refractivity contribution in [2.24, 2.45) is 22.7 Å². The van der Waals surface area contributed by atoms with Gasteiger partial charge in [-0.2, -0.15) is 0 Å². The van der Waals surface area contributed by atoms with Gasteiger partial charge in [0.05, 0.1) is 42.4 Å². The fourth-order valence-electron chi connectivity index (χ4n) is 9.14. The van der Waals surface area contributed by atoms with Gasteiger partial charge in [0.15, 0.2) is 11.9 Å². The lowest BCUT2D eigenvalue weighted by atomic mass is 9.44. The number of nitrogens with one attached hydrogen (secondary N) is 1. The number of carbonyl (C=O) groups excluding carboxylic acids is 4. The maximum Gasteiger partial charge on any atom is 0.407 e. The number of Topliss-reactive ketones (excluding diaryl/α,β-unsaturated/α-hetero) is 1. The molecular weight excluding hydrogens is 714 g/mol. The van der Waals surface area contributed by atoms with Crippen LogP contribution >= 0.6 is 0 Å². The van der Waals surface area contributed by atoms with Crippen molar-refractivity contribution in [1.82, 2.24) is 5.32 Å². The summed E-state index contributed by atoms with van der Waals surface area (Å²) in [6.45, 7) is 9.45. The minimum atomic E-state index is -2.31. The lowest BCUT2D eigenvalue weighted by molar-refractivity contribution is -0.343. The summed E-state index contributed by atoms with van der Waals surface area (Å²) in [5.74, 6) is -4.52. The Bertz CT molecular complexity index is 1830. The van der Waals surface area contributed by atoms with Crippen molar-refractivity contribution in [1.29, 1.82) is 0 Å². The number of hydrogen-bond acceptors (Lipinski definition) is 13. The molecule has 2 aromatic carbocycles. The zero-order chi connectivity index (χ0) is 40.2. The Hall–Kier alpha value is -4.18. The van der Waals surface area contributed by atoms with Gasteiger partial charge in [-0.25, -0.2) is 14.4 Å². The van der Waals surface area contributed by atoms with Crippen LogP contribution < -0.4 is 5.32 Å². The molecule has 0 radical (unpaired) electrons. The van der Waals surface area contributed by atoms with Crippen LogP contribution in [0.15, 0.2) is 71.8 Å². The number of aliphatic hydroxyl groups is 5. The number of esters is 2. The fraction of sp³-hybridized carbons (Fsp3) is 0.561. The average Bonchev–Trinajstić information content (AvgIpc) is 3.15. The predicted octanol–water partition coefficient (Wildman–Crippen LogP) is 2.55. The maximum absolute atomic E-state index is 14.7. The Balaban J connectivity index is 1.44. The van der Waals surface area contributed by atoms with E-state index < -0.39 is 101 Å². The van der Waals surface area contributed by atoms with E-state index in [1.165, 1.54) is 26.0 Å². The molecule has 0 spiro atoms. The smallest absolute Gasteiger partial charge is 0.407 e. The van der Waals surface area contributed by atoms with Crippen molar-refractivity contribution < 1.29 is 63.7 Å². The summed E-state index contributed by atoms with van der Waals surface area (Å²) < 4.78 is 23.0. The summed E-state index contributed by atoms with van der Waals surface area (Å²) in [4.78, 5) is 55.3. The van der Waals surface area contributed by atoms with E-state index in [-0.39, 0.29) is 42.3 Å². The normalized spacial score (nSPS) is 34.8. The van der Waals surface area contributed by atoms with Crippen LogP contribution in [0.5, 0.6) is 0 Å². The molecule has 2 bridgehead atoms. The third kappa shape index (κ3) is 6.66. The second kappa shape index (κ2) is 14.7. The number of ketones is 1. The van der Waals surface area contributed by atoms with Crippen molar-refractivity contribution in [3.05, 3.63) is 82.9 Å². The van der Waals surface area contributed by atoms with Gasteiger partial charge in [-0.3, -0.25) is 4.79 Å². The largest absolute Gasteiger partial charge is 0.456 e. The summed E-state index contributed by atoms with van der Waals surface area (Å²) in [6, 6.07) is 14.8. The molecule has 1 aliphatic heterocycles. The highest BCUT2D eigenvalue weighted by Crippen LogP contribution is 2.63. The van der Waals surface area contributed by atoms with Gasteiger partial charge in [-0.15, -0.1) is 0 Å². The van der Waals surface area contributed by atoms with Crippen LogP contribution in [0.3, 0.4) is 0 Å². The Morgan fingerprint density at radius 3 is 2.16 bits per heavy atom. The van der Waals surface area contributed by atoms with Gasteiger partial charge in [-0.1, -0.05) is 76.2 Å². The van der Waals surface area contributed by atoms with Gasteiger partial charge in [0.1, 0.15) is 29.5 Å². The standard InChI is InChI=1S/C41H51NO13/c1-21(2)19-52-37(49)42-29(23-13-9-7-10-14-23)31(45)36(48)54-25-18-41(51)34(55-35(47)24-15-11-8-12-16-24)32-39(6,26(43)17-27-40(32,50)20-53-27)33(46)30(44)28(22(25)3)38(41,4)5/h7-16,21,25-27,29-32,34,43-45,50-51H,17-20H2,1-6H3,(H,42,49)/t25?,26-,27+,29-,30+,31+,32-,34-,39+,40-,41+/m0/s1. The van der Waals surface area contributed by atoms with Crippen LogP contribution in [0.4, 0.5) is 4.79 Å². The van der Waals surface area contributed by atoms with Gasteiger partial charge >= 0.3 is 18.0 Å². The first-order chi connectivity index (χ1) is 25.8. The molecule has 1 saturated heterocycles. The lowest BCUT2D eigenvalue weighted by Gasteiger charge is -2.66. The molecular formula is C41H51NO13. The first-order valence-corrected chi connectivity index (χ1v) is 18.6. The Morgan fingerprint density at radius 2 is 1.58 bits per heavy atom. The molecule has 0 aromatic heterocycles. The molecule has 6 rings (SSSR count). The molecule has 4 aliphatic rings. The van der Waals surface area contributed by atoms with E-state index in [1.807, 2.05) is 13.8 Å². The van der Waals surface area contributed by atoms with Crippen LogP contribution in [-0.4, -0.2) is 110 Å². The molecule has 1 heterocycles. The quantitative estimate of drug-likeness (QED) is 0.123. The van der Waals surface area contributed by atoms with E-state index in [0.717, 1.165) is 0 Å². The molecule has 298 valence electrons. The Morgan fingerprint density at radius 1 is 0.964 bits per heavy atom. The predicted molar refractivity (Wildman–Crippen MR) is 194 cm³/mol. The van der Waals surface area contributed by atoms with Crippen molar-refractivity contribution in [3.8, 4) is 0 Å². The number of aliphatic hydroxyl groups excluding tert-OH is 3. The van der Waals surface area contributed by atoms with E-state index in [0.29, 0.717) is 5.56 Å². The highest BCUT2D eigenvalue weighted by molar-refractivity contribution is 5.94. The van der Waals surface area contributed by atoms with Gasteiger partial charge < -0.3 is 49.8 Å². The van der Waals surface area contributed by atoms with Gasteiger partial charge in [0, 0.05) is 24.2 Å². The third-order valence-electron chi connectivity index (χ3n) is 12.4. The lowest BCUT2D eigenvalue weighted by Crippen LogP contribution is -2.81. The number of benzene rings is 2. The summed E-state index contributed by atoms with van der Waals surface area (Å²) >= 11 is 0. The van der Waals surface area contributed by atoms with Gasteiger partial charge in [0.2, 0.25) is 0 Å². The van der Waals surface area contributed by atoms with Crippen molar-refractivity contribution in [3.63, 3.8) is 0 Å². The number of fused-ring (bicyclic) bond motifs is 5. The highest BCUT2D eigenvalue weighted by atomic mass is 16.6. The van der Waals surface area contributed by atoms with Crippen molar-refractivity contribution in [2.75, 3.05) is 13.2 Å². The summed E-state index contributed by atoms with van der Waals surface area (Å²) in [5, 5.41) is 63.2. The van der Waals surface area contributed by atoms with E-state index in [2.05, 4.69) is 5.32 Å². The fourth-order valence-corrected chi connectivity index (χ4v) is 9.14. The van der Waals surface area contributed by atoms with E-state index >= 15 is 0 Å². The number of hydrogen-bond donors (Lipinski definition) is 6. The molecule has 3 fully saturated rings. The van der Waals surface area contributed by atoms with Crippen molar-refractivity contribution in [2.45, 2.75) is 108 Å². The Kier molecular flexibility index (Phi) is 10.8. The van der Waals surface area contributed by atoms with Crippen LogP contribution in [0.25, 0.3) is 0 Å². The summed E-state index contributed by atoms with van der Waals surface area (Å²) in [7, 11) is 0. The molecule has 14 heteroatoms. The van der Waals surface area contributed by atoms with Crippen LogP contribution in [0.1, 0.15) is 76.3 Å². The minimum Gasteiger partial charge on any atom is -0.456 e. The number of alkyl carbamates (subject to hydrolysis) is 1. The molecule has 1 unspecified atom stereocenters. The summed E-state index contributed by atoms with van der Waals surface area (Å²) in [6.07, 6.45) is -11.2. The first kappa shape index (κ1) is 40.5. The second-order valence-corrected chi connectivity index (χ2v) is 16.5. The first-order valence-electron chi connectivity index (χ1n) is 18.6. The van der Waals surface area contributed by atoms with E-state index in [9.17, 15) is 44.7 Å². The van der Waals surface area contributed by atoms with Crippen LogP contribution in [-0.2, 0) is 28.5 Å². The highest BCUT2D eigenvalue weighted by Gasteiger charge is 2.76. The number of carbonyl (C=O) groups is 4. The molecule has 55 heavy (non-hydrogen) atoms. The van der Waals surface area contributed by atoms with Crippen molar-refractivity contribution >= 4 is 23.8 Å². The van der Waals surface area contributed by atoms with Gasteiger partial charge in [0.25, 0.3) is 0 Å². The zero-order valence-corrected chi connectivity index (χ0v) is 31.8. The third-order valence-corrected chi connectivity index (χ3v) is 12.4. The average molecular weight is 766 g/mol. The van der Waals surface area contributed by atoms with Crippen LogP contribution in [0.2, 0.25) is 0 Å². The number of ether oxygens (including phenoxy) is 4. The van der Waals surface area contributed by atoms with E-state index in [1.54, 1.807) is 62.4 Å². The molecule has 3 aliphatic carbocycles. The van der Waals surface area contributed by atoms with Crippen LogP contribution in [0, 0.1) is 22.7 Å². The monoisotopic (exact) mass is 765 g/mol. The molecule has 2 aromatic rings. The molecule has 14 nitrogen and oxygen atoms in total. The second-order valence-electron chi connectivity index (χ2n) is 16.5. The van der Waals surface area contributed by atoms with E-state index in [4.69, 9.17) is 18.9 Å². The molecule has 2 saturated carbocycles. The number of rotatable bonds is 9. The molecule has 11 atom stereocenters. The van der Waals surface area contributed by atoms with Gasteiger partial charge in [-0.05, 0) is 48.6 Å². The SMILES string of the molecule is CC1=C2[C@@H](O)C(=O)[C@@]3(C)[C@H]([C@H](OC(=O)c4ccccc4)[C@](O)(CC1OC(=O)[C@H](O)[C@@H](NC(=O)OCC(C)C)c1ccccc1)C2(C)C)[C@]1(O)CO[C@@H]1C[C@@H]3O. The zero-order valence-electron chi connectivity index (χ0n) is 31.8.